The summed E-state index contributed by atoms with van der Waals surface area (Å²) in [5.74, 6) is -0.127. The predicted molar refractivity (Wildman–Crippen MR) is 147 cm³/mol. The van der Waals surface area contributed by atoms with Gasteiger partial charge >= 0.3 is 5.97 Å². The molecule has 5 rings (SSSR count). The number of rotatable bonds is 5. The van der Waals surface area contributed by atoms with Crippen LogP contribution in [0.4, 0.5) is 0 Å². The molecule has 0 amide bonds. The van der Waals surface area contributed by atoms with Crippen LogP contribution in [0.15, 0.2) is 0 Å². The van der Waals surface area contributed by atoms with Crippen molar-refractivity contribution >= 4 is 5.97 Å². The summed E-state index contributed by atoms with van der Waals surface area (Å²) in [6, 6.07) is 0. The molecule has 3 N–H and O–H groups in total. The van der Waals surface area contributed by atoms with Crippen LogP contribution in [0.3, 0.4) is 0 Å². The molecule has 4 aliphatic carbocycles. The van der Waals surface area contributed by atoms with Crippen LogP contribution in [-0.4, -0.2) is 56.8 Å². The molecule has 4 saturated carbocycles. The summed E-state index contributed by atoms with van der Waals surface area (Å²) in [5.41, 5.74) is -1.46. The van der Waals surface area contributed by atoms with E-state index < -0.39 is 29.4 Å². The molecule has 13 unspecified atom stereocenters. The Labute approximate surface area is 235 Å². The Morgan fingerprint density at radius 2 is 1.67 bits per heavy atom. The van der Waals surface area contributed by atoms with E-state index in [4.69, 9.17) is 14.2 Å². The van der Waals surface area contributed by atoms with Crippen molar-refractivity contribution in [2.75, 3.05) is 0 Å². The van der Waals surface area contributed by atoms with E-state index >= 15 is 0 Å². The molecule has 7 heteroatoms. The van der Waals surface area contributed by atoms with Crippen LogP contribution in [0, 0.1) is 46.3 Å². The molecule has 7 nitrogen and oxygen atoms in total. The third-order valence-electron chi connectivity index (χ3n) is 12.9. The lowest BCUT2D eigenvalue weighted by Crippen LogP contribution is -2.58. The Balaban J connectivity index is 1.42. The molecule has 0 spiro atoms. The highest BCUT2D eigenvalue weighted by Gasteiger charge is 2.69. The molecular formula is C32H54O7. The number of hydrogen-bond acceptors (Lipinski definition) is 7. The zero-order valence-corrected chi connectivity index (χ0v) is 25.5. The van der Waals surface area contributed by atoms with E-state index in [9.17, 15) is 20.1 Å². The summed E-state index contributed by atoms with van der Waals surface area (Å²) in [7, 11) is 0. The summed E-state index contributed by atoms with van der Waals surface area (Å²) in [5, 5.41) is 33.2. The lowest BCUT2D eigenvalue weighted by atomic mass is 9.44. The number of aliphatic hydroxyl groups excluding tert-OH is 2. The smallest absolute Gasteiger partial charge is 0.303 e. The van der Waals surface area contributed by atoms with Gasteiger partial charge in [-0.05, 0) is 119 Å². The average molecular weight is 551 g/mol. The van der Waals surface area contributed by atoms with Crippen LogP contribution in [0.2, 0.25) is 0 Å². The van der Waals surface area contributed by atoms with Crippen LogP contribution in [0.5, 0.6) is 0 Å². The van der Waals surface area contributed by atoms with Crippen molar-refractivity contribution in [2.45, 2.75) is 149 Å². The maximum atomic E-state index is 11.8. The Kier molecular flexibility index (Phi) is 7.36. The van der Waals surface area contributed by atoms with Gasteiger partial charge in [0.25, 0.3) is 5.97 Å². The lowest BCUT2D eigenvalue weighted by Gasteiger charge is -2.61. The van der Waals surface area contributed by atoms with Gasteiger partial charge in [0.15, 0.2) is 0 Å². The van der Waals surface area contributed by atoms with Gasteiger partial charge in [-0.3, -0.25) is 4.79 Å². The molecule has 224 valence electrons. The predicted octanol–water partition coefficient (Wildman–Crippen LogP) is 5.19. The Morgan fingerprint density at radius 3 is 2.33 bits per heavy atom. The molecule has 39 heavy (non-hydrogen) atoms. The first-order chi connectivity index (χ1) is 17.9. The highest BCUT2D eigenvalue weighted by Crippen LogP contribution is 2.69. The number of aliphatic hydroxyl groups is 3. The van der Waals surface area contributed by atoms with Gasteiger partial charge in [0.1, 0.15) is 11.2 Å². The number of hydrogen-bond donors (Lipinski definition) is 3. The third kappa shape index (κ3) is 4.80. The molecule has 0 aromatic heterocycles. The number of esters is 1. The van der Waals surface area contributed by atoms with Gasteiger partial charge in [-0.25, -0.2) is 0 Å². The van der Waals surface area contributed by atoms with E-state index in [0.717, 1.165) is 38.5 Å². The molecule has 0 aromatic carbocycles. The average Bonchev–Trinajstić information content (AvgIpc) is 3.20. The van der Waals surface area contributed by atoms with Crippen molar-refractivity contribution in [3.05, 3.63) is 0 Å². The minimum Gasteiger partial charge on any atom is -0.460 e. The summed E-state index contributed by atoms with van der Waals surface area (Å²) >= 11 is 0. The fourth-order valence-corrected chi connectivity index (χ4v) is 10.8. The van der Waals surface area contributed by atoms with Gasteiger partial charge in [-0.1, -0.05) is 20.8 Å². The van der Waals surface area contributed by atoms with Gasteiger partial charge in [-0.2, -0.15) is 0 Å². The highest BCUT2D eigenvalue weighted by molar-refractivity contribution is 5.66. The van der Waals surface area contributed by atoms with E-state index in [1.54, 1.807) is 6.92 Å². The topological polar surface area (TPSA) is 105 Å². The third-order valence-corrected chi connectivity index (χ3v) is 12.9. The second-order valence-electron chi connectivity index (χ2n) is 15.5. The summed E-state index contributed by atoms with van der Waals surface area (Å²) in [6.07, 6.45) is 7.58. The monoisotopic (exact) mass is 550 g/mol. The Bertz CT molecular complexity index is 949. The van der Waals surface area contributed by atoms with E-state index in [-0.39, 0.29) is 34.7 Å². The maximum Gasteiger partial charge on any atom is 0.303 e. The minimum atomic E-state index is -1.75. The van der Waals surface area contributed by atoms with Gasteiger partial charge < -0.3 is 29.5 Å². The van der Waals surface area contributed by atoms with Crippen LogP contribution >= 0.6 is 0 Å². The van der Waals surface area contributed by atoms with Crippen LogP contribution in [0.25, 0.3) is 0 Å². The summed E-state index contributed by atoms with van der Waals surface area (Å²) in [4.78, 5) is 11.8. The van der Waals surface area contributed by atoms with Crippen molar-refractivity contribution < 1.29 is 34.3 Å². The molecule has 5 fully saturated rings. The van der Waals surface area contributed by atoms with Crippen molar-refractivity contribution in [1.82, 2.24) is 0 Å². The minimum absolute atomic E-state index is 0.0574. The van der Waals surface area contributed by atoms with E-state index in [0.29, 0.717) is 30.1 Å². The molecular weight excluding hydrogens is 496 g/mol. The fourth-order valence-electron chi connectivity index (χ4n) is 10.8. The second kappa shape index (κ2) is 9.65. The van der Waals surface area contributed by atoms with Crippen LogP contribution in [0.1, 0.15) is 113 Å². The van der Waals surface area contributed by atoms with Crippen molar-refractivity contribution in [3.63, 3.8) is 0 Å². The molecule has 5 aliphatic rings. The first kappa shape index (κ1) is 29.8. The molecule has 1 heterocycles. The first-order valence-electron chi connectivity index (χ1n) is 15.6. The first-order valence-corrected chi connectivity index (χ1v) is 15.6. The standard InChI is InChI=1S/C32H54O7/c1-18(28(3,4)37-19(2)33)15-26-31(7,39-32(8,36)38-26)27-25(35)17-24-22-10-9-20-16-21(34)11-13-29(20,5)23(22)12-14-30(24,27)6/h18,20-27,34-36H,9-17H2,1-8H3. The number of carbonyl (C=O) groups is 1. The molecule has 1 aliphatic heterocycles. The zero-order valence-electron chi connectivity index (χ0n) is 25.5. The highest BCUT2D eigenvalue weighted by atomic mass is 16.9. The van der Waals surface area contributed by atoms with Crippen molar-refractivity contribution in [2.24, 2.45) is 46.3 Å². The van der Waals surface area contributed by atoms with Gasteiger partial charge in [-0.15, -0.1) is 0 Å². The van der Waals surface area contributed by atoms with E-state index in [1.807, 2.05) is 27.7 Å². The molecule has 0 radical (unpaired) electrons. The molecule has 1 saturated heterocycles. The van der Waals surface area contributed by atoms with Gasteiger partial charge in [0.2, 0.25) is 0 Å². The number of carbonyl (C=O) groups excluding carboxylic acids is 1. The Morgan fingerprint density at radius 1 is 1.00 bits per heavy atom. The van der Waals surface area contributed by atoms with Crippen LogP contribution < -0.4 is 0 Å². The number of ether oxygens (including phenoxy) is 3. The fraction of sp³-hybridized carbons (Fsp3) is 0.969. The normalized spacial score (nSPS) is 52.5. The van der Waals surface area contributed by atoms with Crippen molar-refractivity contribution in [3.8, 4) is 0 Å². The maximum absolute atomic E-state index is 11.8. The summed E-state index contributed by atoms with van der Waals surface area (Å²) in [6.45, 7) is 15.7. The zero-order chi connectivity index (χ0) is 28.8. The van der Waals surface area contributed by atoms with Gasteiger partial charge in [0, 0.05) is 19.8 Å². The Hall–Kier alpha value is -0.730. The molecule has 13 atom stereocenters. The molecule has 0 bridgehead atoms. The van der Waals surface area contributed by atoms with Gasteiger partial charge in [0.05, 0.1) is 18.3 Å². The quantitative estimate of drug-likeness (QED) is 0.405. The second-order valence-corrected chi connectivity index (χ2v) is 15.5. The lowest BCUT2D eigenvalue weighted by molar-refractivity contribution is -0.319. The van der Waals surface area contributed by atoms with E-state index in [2.05, 4.69) is 13.8 Å². The largest absolute Gasteiger partial charge is 0.460 e. The van der Waals surface area contributed by atoms with Crippen LogP contribution in [-0.2, 0) is 19.0 Å². The van der Waals surface area contributed by atoms with E-state index in [1.165, 1.54) is 19.8 Å². The van der Waals surface area contributed by atoms with Crippen molar-refractivity contribution in [1.29, 1.82) is 0 Å². The summed E-state index contributed by atoms with van der Waals surface area (Å²) < 4.78 is 18.2. The molecule has 0 aromatic rings. The SMILES string of the molecule is CC(=O)OC(C)(C)C(C)CC1OC(C)(O)OC1(C)C1C(O)CC2C3CCC4CC(O)CCC4(C)C3CCC21C. The number of fused-ring (bicyclic) bond motifs is 5.